The van der Waals surface area contributed by atoms with Crippen molar-refractivity contribution >= 4 is 5.97 Å². The summed E-state index contributed by atoms with van der Waals surface area (Å²) in [5, 5.41) is 0. The monoisotopic (exact) mass is 512 g/mol. The lowest BCUT2D eigenvalue weighted by Gasteiger charge is -2.51. The predicted octanol–water partition coefficient (Wildman–Crippen LogP) is 4.00. The Hall–Kier alpha value is -3.02. The highest BCUT2D eigenvalue weighted by molar-refractivity contribution is 5.83. The van der Waals surface area contributed by atoms with E-state index in [0.717, 1.165) is 19.2 Å². The SMILES string of the molecule is COc1ccc2c(c1)O[C@H]1C[C@@H](OC)C[C@@H](OC(=O)[C@](OC)(c3ccccc3)C(F)(F)F)[C@]1(OC)O2. The van der Waals surface area contributed by atoms with Crippen molar-refractivity contribution in [3.63, 3.8) is 0 Å². The number of fused-ring (bicyclic) bond motifs is 2. The van der Waals surface area contributed by atoms with Gasteiger partial charge in [-0.3, -0.25) is 0 Å². The molecule has 4 rings (SSSR count). The first-order chi connectivity index (χ1) is 17.1. The average Bonchev–Trinajstić information content (AvgIpc) is 2.87. The van der Waals surface area contributed by atoms with Gasteiger partial charge in [0.1, 0.15) is 5.75 Å². The van der Waals surface area contributed by atoms with Crippen molar-refractivity contribution in [2.24, 2.45) is 0 Å². The third-order valence-electron chi connectivity index (χ3n) is 6.62. The van der Waals surface area contributed by atoms with E-state index in [0.29, 0.717) is 11.5 Å². The lowest BCUT2D eigenvalue weighted by Crippen LogP contribution is -2.68. The fourth-order valence-electron chi connectivity index (χ4n) is 4.71. The molecular formula is C25H27F3O8. The number of hydrogen-bond donors (Lipinski definition) is 0. The molecule has 1 heterocycles. The van der Waals surface area contributed by atoms with Gasteiger partial charge in [-0.2, -0.15) is 13.2 Å². The van der Waals surface area contributed by atoms with Crippen molar-refractivity contribution in [2.45, 2.75) is 48.7 Å². The molecule has 11 heteroatoms. The Kier molecular flexibility index (Phi) is 7.09. The standard InChI is InChI=1S/C25H27F3O8/c1-30-16-10-11-18-19(12-16)34-20-13-17(31-2)14-21(24(20,33-4)36-18)35-22(29)23(32-3,25(26,27)28)15-8-6-5-7-9-15/h5-12,17,20-21H,13-14H2,1-4H3/t17-,20+,21-,23-,24-/m1/s1. The normalized spacial score (nSPS) is 26.9. The second kappa shape index (κ2) is 9.79. The van der Waals surface area contributed by atoms with E-state index in [1.165, 1.54) is 39.5 Å². The van der Waals surface area contributed by atoms with Crippen LogP contribution in [0.5, 0.6) is 17.2 Å². The minimum Gasteiger partial charge on any atom is -0.497 e. The molecule has 1 fully saturated rings. The van der Waals surface area contributed by atoms with Crippen LogP contribution in [0.2, 0.25) is 0 Å². The summed E-state index contributed by atoms with van der Waals surface area (Å²) in [6.45, 7) is 0. The molecule has 8 nitrogen and oxygen atoms in total. The van der Waals surface area contributed by atoms with Gasteiger partial charge < -0.3 is 33.2 Å². The number of methoxy groups -OCH3 is 4. The highest BCUT2D eigenvalue weighted by Crippen LogP contribution is 2.49. The van der Waals surface area contributed by atoms with Crippen molar-refractivity contribution in [2.75, 3.05) is 28.4 Å². The number of benzene rings is 2. The highest BCUT2D eigenvalue weighted by atomic mass is 19.4. The van der Waals surface area contributed by atoms with Crippen molar-refractivity contribution in [3.05, 3.63) is 54.1 Å². The van der Waals surface area contributed by atoms with Crippen LogP contribution in [0, 0.1) is 0 Å². The summed E-state index contributed by atoms with van der Waals surface area (Å²) in [5.74, 6) is -2.29. The first-order valence-electron chi connectivity index (χ1n) is 11.1. The summed E-state index contributed by atoms with van der Waals surface area (Å²) < 4.78 is 82.4. The summed E-state index contributed by atoms with van der Waals surface area (Å²) >= 11 is 0. The van der Waals surface area contributed by atoms with Gasteiger partial charge in [0.15, 0.2) is 23.7 Å². The highest BCUT2D eigenvalue weighted by Gasteiger charge is 2.67. The Bertz CT molecular complexity index is 1080. The zero-order chi connectivity index (χ0) is 26.1. The molecule has 36 heavy (non-hydrogen) atoms. The van der Waals surface area contributed by atoms with Gasteiger partial charge in [0.25, 0.3) is 11.4 Å². The molecule has 0 amide bonds. The Balaban J connectivity index is 1.75. The Morgan fingerprint density at radius 2 is 1.72 bits per heavy atom. The van der Waals surface area contributed by atoms with E-state index in [4.69, 9.17) is 33.2 Å². The number of carbonyl (C=O) groups excluding carboxylic acids is 1. The van der Waals surface area contributed by atoms with Crippen LogP contribution in [-0.2, 0) is 29.3 Å². The van der Waals surface area contributed by atoms with Gasteiger partial charge in [0, 0.05) is 45.8 Å². The molecule has 1 aliphatic heterocycles. The number of hydrogen-bond acceptors (Lipinski definition) is 8. The van der Waals surface area contributed by atoms with Crippen molar-refractivity contribution in [3.8, 4) is 17.2 Å². The van der Waals surface area contributed by atoms with E-state index in [9.17, 15) is 18.0 Å². The molecule has 2 aliphatic rings. The van der Waals surface area contributed by atoms with E-state index in [1.54, 1.807) is 18.2 Å². The Morgan fingerprint density at radius 3 is 2.31 bits per heavy atom. The Morgan fingerprint density at radius 1 is 1.00 bits per heavy atom. The summed E-state index contributed by atoms with van der Waals surface area (Å²) in [6, 6.07) is 11.4. The topological polar surface area (TPSA) is 81.7 Å². The van der Waals surface area contributed by atoms with Gasteiger partial charge in [-0.05, 0) is 12.1 Å². The van der Waals surface area contributed by atoms with Gasteiger partial charge in [0.2, 0.25) is 0 Å². The molecule has 0 radical (unpaired) electrons. The molecule has 2 aromatic rings. The lowest BCUT2D eigenvalue weighted by atomic mass is 9.84. The van der Waals surface area contributed by atoms with Crippen LogP contribution in [0.4, 0.5) is 13.2 Å². The first-order valence-corrected chi connectivity index (χ1v) is 11.1. The first kappa shape index (κ1) is 26.1. The van der Waals surface area contributed by atoms with Crippen molar-refractivity contribution in [1.82, 2.24) is 0 Å². The zero-order valence-corrected chi connectivity index (χ0v) is 20.2. The van der Waals surface area contributed by atoms with Gasteiger partial charge in [-0.1, -0.05) is 30.3 Å². The molecule has 196 valence electrons. The molecule has 0 aromatic heterocycles. The van der Waals surface area contributed by atoms with Crippen molar-refractivity contribution in [1.29, 1.82) is 0 Å². The number of carbonyl (C=O) groups is 1. The quantitative estimate of drug-likeness (QED) is 0.515. The van der Waals surface area contributed by atoms with Crippen LogP contribution in [0.25, 0.3) is 0 Å². The van der Waals surface area contributed by atoms with E-state index in [2.05, 4.69) is 0 Å². The maximum absolute atomic E-state index is 14.4. The molecule has 0 bridgehead atoms. The van der Waals surface area contributed by atoms with Gasteiger partial charge >= 0.3 is 12.1 Å². The molecule has 0 saturated heterocycles. The minimum atomic E-state index is -5.14. The van der Waals surface area contributed by atoms with E-state index in [-0.39, 0.29) is 18.6 Å². The van der Waals surface area contributed by atoms with E-state index >= 15 is 0 Å². The molecule has 0 N–H and O–H groups in total. The number of halogens is 3. The largest absolute Gasteiger partial charge is 0.497 e. The fraction of sp³-hybridized carbons (Fsp3) is 0.480. The average molecular weight is 512 g/mol. The molecule has 1 saturated carbocycles. The maximum atomic E-state index is 14.4. The van der Waals surface area contributed by atoms with Crippen LogP contribution >= 0.6 is 0 Å². The number of ether oxygens (including phenoxy) is 7. The Labute approximate surface area is 206 Å². The second-order valence-corrected chi connectivity index (χ2v) is 8.42. The molecular weight excluding hydrogens is 485 g/mol. The number of esters is 1. The van der Waals surface area contributed by atoms with Gasteiger partial charge in [-0.15, -0.1) is 0 Å². The predicted molar refractivity (Wildman–Crippen MR) is 119 cm³/mol. The van der Waals surface area contributed by atoms with E-state index < -0.39 is 47.4 Å². The molecule has 0 spiro atoms. The smallest absolute Gasteiger partial charge is 0.432 e. The molecule has 1 aliphatic carbocycles. The fourth-order valence-corrected chi connectivity index (χ4v) is 4.71. The summed E-state index contributed by atoms with van der Waals surface area (Å²) in [7, 11) is 5.06. The summed E-state index contributed by atoms with van der Waals surface area (Å²) in [6.07, 6.45) is -7.61. The van der Waals surface area contributed by atoms with Crippen LogP contribution < -0.4 is 14.2 Å². The van der Waals surface area contributed by atoms with Gasteiger partial charge in [-0.25, -0.2) is 4.79 Å². The summed E-state index contributed by atoms with van der Waals surface area (Å²) in [4.78, 5) is 13.4. The maximum Gasteiger partial charge on any atom is 0.432 e. The van der Waals surface area contributed by atoms with Crippen LogP contribution in [0.3, 0.4) is 0 Å². The molecule has 5 atom stereocenters. The van der Waals surface area contributed by atoms with Gasteiger partial charge in [0.05, 0.1) is 13.2 Å². The van der Waals surface area contributed by atoms with Crippen LogP contribution in [-0.4, -0.2) is 64.7 Å². The second-order valence-electron chi connectivity index (χ2n) is 8.42. The molecule has 0 unspecified atom stereocenters. The van der Waals surface area contributed by atoms with Crippen LogP contribution in [0.15, 0.2) is 48.5 Å². The zero-order valence-electron chi connectivity index (χ0n) is 20.2. The number of alkyl halides is 3. The van der Waals surface area contributed by atoms with Crippen molar-refractivity contribution < 1.29 is 51.1 Å². The third-order valence-corrected chi connectivity index (χ3v) is 6.62. The number of rotatable bonds is 7. The lowest BCUT2D eigenvalue weighted by molar-refractivity contribution is -0.318. The third kappa shape index (κ3) is 4.14. The summed E-state index contributed by atoms with van der Waals surface area (Å²) in [5.41, 5.74) is -3.80. The van der Waals surface area contributed by atoms with E-state index in [1.807, 2.05) is 0 Å². The van der Waals surface area contributed by atoms with Crippen LogP contribution in [0.1, 0.15) is 18.4 Å². The minimum absolute atomic E-state index is 0.00608. The molecule has 2 aromatic carbocycles.